The molecule has 1 saturated carbocycles. The van der Waals surface area contributed by atoms with Gasteiger partial charge >= 0.3 is 12.0 Å². The lowest BCUT2D eigenvalue weighted by molar-refractivity contribution is -0.141. The summed E-state index contributed by atoms with van der Waals surface area (Å²) in [7, 11) is 1.80. The fraction of sp³-hybridized carbons (Fsp3) is 0.857. The van der Waals surface area contributed by atoms with Gasteiger partial charge in [-0.05, 0) is 38.5 Å². The maximum absolute atomic E-state index is 11.9. The van der Waals surface area contributed by atoms with Crippen LogP contribution in [0.1, 0.15) is 46.0 Å². The largest absolute Gasteiger partial charge is 0.465 e. The van der Waals surface area contributed by atoms with E-state index in [4.69, 9.17) is 4.74 Å². The molecule has 0 radical (unpaired) electrons. The topological polar surface area (TPSA) is 58.6 Å². The maximum atomic E-state index is 11.9. The summed E-state index contributed by atoms with van der Waals surface area (Å²) in [6.07, 6.45) is 5.72. The van der Waals surface area contributed by atoms with Gasteiger partial charge in [0, 0.05) is 13.1 Å². The molecule has 110 valence electrons. The third-order valence-electron chi connectivity index (χ3n) is 3.95. The Balaban J connectivity index is 2.30. The maximum Gasteiger partial charge on any atom is 0.325 e. The first-order chi connectivity index (χ1) is 9.08. The van der Waals surface area contributed by atoms with Crippen LogP contribution >= 0.6 is 0 Å². The van der Waals surface area contributed by atoms with Crippen LogP contribution < -0.4 is 5.32 Å². The number of hydrogen-bond acceptors (Lipinski definition) is 3. The van der Waals surface area contributed by atoms with Gasteiger partial charge in [-0.15, -0.1) is 0 Å². The third kappa shape index (κ3) is 5.09. The summed E-state index contributed by atoms with van der Waals surface area (Å²) in [4.78, 5) is 24.8. The van der Waals surface area contributed by atoms with Crippen LogP contribution in [0.2, 0.25) is 0 Å². The summed E-state index contributed by atoms with van der Waals surface area (Å²) in [6, 6.07) is 0.109. The Bertz CT molecular complexity index is 299. The van der Waals surface area contributed by atoms with Crippen molar-refractivity contribution in [1.82, 2.24) is 10.2 Å². The molecule has 0 saturated heterocycles. The summed E-state index contributed by atoms with van der Waals surface area (Å²) in [5.74, 6) is 0.422. The highest BCUT2D eigenvalue weighted by molar-refractivity contribution is 5.80. The van der Waals surface area contributed by atoms with Gasteiger partial charge in [0.05, 0.1) is 6.61 Å². The highest BCUT2D eigenvalue weighted by Gasteiger charge is 2.25. The van der Waals surface area contributed by atoms with Gasteiger partial charge in [-0.25, -0.2) is 4.79 Å². The number of carbonyl (C=O) groups excluding carboxylic acids is 2. The van der Waals surface area contributed by atoms with Crippen molar-refractivity contribution in [3.05, 3.63) is 0 Å². The minimum absolute atomic E-state index is 0.0542. The van der Waals surface area contributed by atoms with Crippen molar-refractivity contribution in [1.29, 1.82) is 0 Å². The van der Waals surface area contributed by atoms with E-state index in [0.717, 1.165) is 18.8 Å². The van der Waals surface area contributed by atoms with Crippen molar-refractivity contribution in [3.8, 4) is 0 Å². The second-order valence-corrected chi connectivity index (χ2v) is 5.16. The average molecular weight is 270 g/mol. The Morgan fingerprint density at radius 2 is 1.84 bits per heavy atom. The minimum Gasteiger partial charge on any atom is -0.465 e. The molecule has 1 N–H and O–H groups in total. The van der Waals surface area contributed by atoms with Crippen LogP contribution in [0, 0.1) is 5.92 Å². The molecule has 0 aromatic rings. The number of amides is 2. The lowest BCUT2D eigenvalue weighted by Crippen LogP contribution is -2.46. The van der Waals surface area contributed by atoms with Gasteiger partial charge in [0.15, 0.2) is 0 Å². The first-order valence-electron chi connectivity index (χ1n) is 7.24. The van der Waals surface area contributed by atoms with Crippen molar-refractivity contribution in [3.63, 3.8) is 0 Å². The predicted octanol–water partition coefficient (Wildman–Crippen LogP) is 2.16. The van der Waals surface area contributed by atoms with E-state index in [2.05, 4.69) is 12.2 Å². The molecule has 1 aliphatic carbocycles. The number of hydrogen-bond donors (Lipinski definition) is 1. The van der Waals surface area contributed by atoms with Gasteiger partial charge in [-0.2, -0.15) is 0 Å². The molecule has 0 atom stereocenters. The predicted molar refractivity (Wildman–Crippen MR) is 73.8 cm³/mol. The van der Waals surface area contributed by atoms with Crippen molar-refractivity contribution in [2.75, 3.05) is 20.2 Å². The average Bonchev–Trinajstić information content (AvgIpc) is 2.44. The molecular weight excluding hydrogens is 244 g/mol. The normalized spacial score (nSPS) is 22.7. The van der Waals surface area contributed by atoms with Crippen molar-refractivity contribution in [2.45, 2.75) is 52.0 Å². The Kier molecular flexibility index (Phi) is 6.67. The Hall–Kier alpha value is -1.26. The molecule has 1 fully saturated rings. The van der Waals surface area contributed by atoms with Crippen molar-refractivity contribution < 1.29 is 14.3 Å². The van der Waals surface area contributed by atoms with Crippen LogP contribution in [-0.4, -0.2) is 43.1 Å². The van der Waals surface area contributed by atoms with Crippen LogP contribution in [0.15, 0.2) is 0 Å². The fourth-order valence-electron chi connectivity index (χ4n) is 2.59. The monoisotopic (exact) mass is 270 g/mol. The van der Waals surface area contributed by atoms with Crippen molar-refractivity contribution >= 4 is 12.0 Å². The zero-order valence-corrected chi connectivity index (χ0v) is 12.3. The van der Waals surface area contributed by atoms with Crippen LogP contribution in [0.5, 0.6) is 0 Å². The van der Waals surface area contributed by atoms with E-state index in [1.165, 1.54) is 19.3 Å². The summed E-state index contributed by atoms with van der Waals surface area (Å²) < 4.78 is 4.77. The highest BCUT2D eigenvalue weighted by Crippen LogP contribution is 2.28. The zero-order valence-electron chi connectivity index (χ0n) is 12.3. The lowest BCUT2D eigenvalue weighted by atomic mass is 9.84. The second kappa shape index (κ2) is 8.02. The first-order valence-corrected chi connectivity index (χ1v) is 7.24. The van der Waals surface area contributed by atoms with E-state index in [0.29, 0.717) is 12.6 Å². The van der Waals surface area contributed by atoms with Gasteiger partial charge in [0.25, 0.3) is 0 Å². The summed E-state index contributed by atoms with van der Waals surface area (Å²) in [5.41, 5.74) is 0. The molecule has 0 aliphatic heterocycles. The quantitative estimate of drug-likeness (QED) is 0.779. The summed E-state index contributed by atoms with van der Waals surface area (Å²) >= 11 is 0. The molecule has 19 heavy (non-hydrogen) atoms. The number of nitrogens with zero attached hydrogens (tertiary/aromatic N) is 1. The van der Waals surface area contributed by atoms with Gasteiger partial charge < -0.3 is 15.0 Å². The molecule has 5 nitrogen and oxygen atoms in total. The Morgan fingerprint density at radius 1 is 1.21 bits per heavy atom. The van der Waals surface area contributed by atoms with Gasteiger partial charge in [-0.3, -0.25) is 4.79 Å². The SMILES string of the molecule is CCOC(=O)CNC(=O)N(C)C1CCC(CC)CC1. The van der Waals surface area contributed by atoms with E-state index in [-0.39, 0.29) is 18.5 Å². The zero-order chi connectivity index (χ0) is 14.3. The lowest BCUT2D eigenvalue weighted by Gasteiger charge is -2.34. The molecule has 1 rings (SSSR count). The van der Waals surface area contributed by atoms with E-state index >= 15 is 0 Å². The van der Waals surface area contributed by atoms with Crippen LogP contribution in [0.25, 0.3) is 0 Å². The van der Waals surface area contributed by atoms with E-state index in [1.807, 2.05) is 0 Å². The third-order valence-corrected chi connectivity index (χ3v) is 3.95. The molecule has 0 bridgehead atoms. The molecule has 1 aliphatic rings. The van der Waals surface area contributed by atoms with E-state index in [1.54, 1.807) is 18.9 Å². The van der Waals surface area contributed by atoms with Gasteiger partial charge in [0.2, 0.25) is 0 Å². The van der Waals surface area contributed by atoms with Crippen LogP contribution in [0.4, 0.5) is 4.79 Å². The number of urea groups is 1. The molecule has 0 aromatic heterocycles. The Morgan fingerprint density at radius 3 is 2.37 bits per heavy atom. The molecule has 0 unspecified atom stereocenters. The molecule has 0 spiro atoms. The standard InChI is InChI=1S/C14H26N2O3/c1-4-11-6-8-12(9-7-11)16(3)14(18)15-10-13(17)19-5-2/h11-12H,4-10H2,1-3H3,(H,15,18). The van der Waals surface area contributed by atoms with E-state index < -0.39 is 0 Å². The van der Waals surface area contributed by atoms with Gasteiger partial charge in [0.1, 0.15) is 6.54 Å². The number of rotatable bonds is 5. The van der Waals surface area contributed by atoms with E-state index in [9.17, 15) is 9.59 Å². The van der Waals surface area contributed by atoms with Crippen molar-refractivity contribution in [2.24, 2.45) is 5.92 Å². The smallest absolute Gasteiger partial charge is 0.325 e. The number of esters is 1. The summed E-state index contributed by atoms with van der Waals surface area (Å²) in [5, 5.41) is 2.60. The second-order valence-electron chi connectivity index (χ2n) is 5.16. The number of nitrogens with one attached hydrogen (secondary N) is 1. The molecule has 5 heteroatoms. The minimum atomic E-state index is -0.390. The van der Waals surface area contributed by atoms with Crippen LogP contribution in [0.3, 0.4) is 0 Å². The summed E-state index contributed by atoms with van der Waals surface area (Å²) in [6.45, 7) is 4.26. The highest BCUT2D eigenvalue weighted by atomic mass is 16.5. The first kappa shape index (κ1) is 15.8. The Labute approximate surface area is 115 Å². The number of carbonyl (C=O) groups is 2. The molecule has 0 heterocycles. The molecule has 0 aromatic carbocycles. The molecular formula is C14H26N2O3. The van der Waals surface area contributed by atoms with Crippen LogP contribution in [-0.2, 0) is 9.53 Å². The number of ether oxygens (including phenoxy) is 1. The molecule has 2 amide bonds. The fourth-order valence-corrected chi connectivity index (χ4v) is 2.59. The van der Waals surface area contributed by atoms with Gasteiger partial charge in [-0.1, -0.05) is 13.3 Å².